The van der Waals surface area contributed by atoms with Crippen LogP contribution in [0, 0.1) is 12.8 Å². The molecule has 9 heteroatoms. The average Bonchev–Trinajstić information content (AvgIpc) is 3.21. The van der Waals surface area contributed by atoms with E-state index < -0.39 is 0 Å². The predicted octanol–water partition coefficient (Wildman–Crippen LogP) is 3.88. The summed E-state index contributed by atoms with van der Waals surface area (Å²) in [7, 11) is 0. The molecule has 3 rings (SSSR count). The van der Waals surface area contributed by atoms with Crippen LogP contribution < -0.4 is 5.32 Å². The molecule has 0 radical (unpaired) electrons. The first-order valence-electron chi connectivity index (χ1n) is 8.67. The zero-order valence-corrected chi connectivity index (χ0v) is 17.3. The minimum Gasteiger partial charge on any atom is -0.302 e. The van der Waals surface area contributed by atoms with E-state index >= 15 is 0 Å². The lowest BCUT2D eigenvalue weighted by molar-refractivity contribution is -0.115. The van der Waals surface area contributed by atoms with Crippen molar-refractivity contribution in [3.05, 3.63) is 35.6 Å². The molecule has 1 N–H and O–H groups in total. The quantitative estimate of drug-likeness (QED) is 0.604. The number of aryl methyl sites for hydroxylation is 1. The highest BCUT2D eigenvalue weighted by atomic mass is 32.2. The summed E-state index contributed by atoms with van der Waals surface area (Å²) in [5, 5.41) is 14.5. The minimum atomic E-state index is -0.324. The van der Waals surface area contributed by atoms with E-state index in [0.29, 0.717) is 11.0 Å². The second kappa shape index (κ2) is 8.62. The van der Waals surface area contributed by atoms with Gasteiger partial charge in [-0.25, -0.2) is 4.98 Å². The maximum atomic E-state index is 12.5. The van der Waals surface area contributed by atoms with Crippen LogP contribution in [0.15, 0.2) is 35.1 Å². The highest BCUT2D eigenvalue weighted by Gasteiger charge is 2.22. The molecule has 0 saturated carbocycles. The number of carbonyl (C=O) groups is 1. The third kappa shape index (κ3) is 4.92. The normalized spacial score (nSPS) is 12.3. The molecule has 0 spiro atoms. The van der Waals surface area contributed by atoms with E-state index in [-0.39, 0.29) is 11.2 Å². The van der Waals surface area contributed by atoms with Crippen LogP contribution in [0.4, 0.5) is 5.13 Å². The fourth-order valence-electron chi connectivity index (χ4n) is 2.45. The molecule has 3 aromatic heterocycles. The Bertz CT molecular complexity index is 906. The Labute approximate surface area is 166 Å². The number of anilines is 1. The number of thioether (sulfide) groups is 1. The van der Waals surface area contributed by atoms with Crippen LogP contribution >= 0.6 is 23.1 Å². The molecule has 1 atom stereocenters. The largest absolute Gasteiger partial charge is 0.302 e. The molecule has 27 heavy (non-hydrogen) atoms. The lowest BCUT2D eigenvalue weighted by atomic mass is 10.2. The first-order chi connectivity index (χ1) is 12.9. The summed E-state index contributed by atoms with van der Waals surface area (Å²) in [6.07, 6.45) is 3.48. The van der Waals surface area contributed by atoms with Crippen molar-refractivity contribution in [2.75, 3.05) is 5.32 Å². The van der Waals surface area contributed by atoms with Crippen LogP contribution in [0.3, 0.4) is 0 Å². The van der Waals surface area contributed by atoms with Gasteiger partial charge < -0.3 is 9.88 Å². The van der Waals surface area contributed by atoms with E-state index in [9.17, 15) is 4.79 Å². The molecule has 3 heterocycles. The van der Waals surface area contributed by atoms with Crippen molar-refractivity contribution < 1.29 is 4.79 Å². The van der Waals surface area contributed by atoms with Crippen LogP contribution in [-0.4, -0.2) is 35.9 Å². The fraction of sp³-hybridized carbons (Fsp3) is 0.389. The summed E-state index contributed by atoms with van der Waals surface area (Å²) >= 11 is 2.82. The molecule has 0 aliphatic carbocycles. The third-order valence-electron chi connectivity index (χ3n) is 3.70. The smallest absolute Gasteiger partial charge is 0.239 e. The van der Waals surface area contributed by atoms with Crippen molar-refractivity contribution in [2.24, 2.45) is 5.92 Å². The number of carbonyl (C=O) groups excluding carboxylic acids is 1. The van der Waals surface area contributed by atoms with Crippen LogP contribution in [0.5, 0.6) is 0 Å². The molecular formula is C18H22N6OS2. The lowest BCUT2D eigenvalue weighted by Crippen LogP contribution is -2.23. The Morgan fingerprint density at radius 2 is 2.00 bits per heavy atom. The number of rotatable bonds is 7. The number of amides is 1. The van der Waals surface area contributed by atoms with E-state index in [4.69, 9.17) is 0 Å². The average molecular weight is 403 g/mol. The van der Waals surface area contributed by atoms with Crippen molar-refractivity contribution in [1.82, 2.24) is 24.7 Å². The van der Waals surface area contributed by atoms with Gasteiger partial charge >= 0.3 is 0 Å². The standard InChI is InChI=1S/C18H22N6OS2/c1-11(2)9-24-15(14-5-7-19-8-6-14)22-23-18(24)27-13(4)16(25)21-17-20-12(3)10-26-17/h5-8,10-11,13H,9H2,1-4H3,(H,20,21,25). The van der Waals surface area contributed by atoms with Crippen LogP contribution in [0.2, 0.25) is 0 Å². The molecule has 0 aliphatic rings. The van der Waals surface area contributed by atoms with Gasteiger partial charge in [0.05, 0.1) is 10.9 Å². The zero-order chi connectivity index (χ0) is 19.4. The Morgan fingerprint density at radius 1 is 1.26 bits per heavy atom. The summed E-state index contributed by atoms with van der Waals surface area (Å²) in [4.78, 5) is 20.8. The summed E-state index contributed by atoms with van der Waals surface area (Å²) in [6.45, 7) is 8.82. The van der Waals surface area contributed by atoms with Gasteiger partial charge in [0.15, 0.2) is 16.1 Å². The van der Waals surface area contributed by atoms with Crippen molar-refractivity contribution in [3.8, 4) is 11.4 Å². The number of pyridine rings is 1. The van der Waals surface area contributed by atoms with Gasteiger partial charge in [0.2, 0.25) is 5.91 Å². The monoisotopic (exact) mass is 402 g/mol. The number of hydrogen-bond acceptors (Lipinski definition) is 7. The van der Waals surface area contributed by atoms with E-state index in [2.05, 4.69) is 43.9 Å². The number of hydrogen-bond donors (Lipinski definition) is 1. The zero-order valence-electron chi connectivity index (χ0n) is 15.7. The summed E-state index contributed by atoms with van der Waals surface area (Å²) in [5.74, 6) is 1.11. The Morgan fingerprint density at radius 3 is 2.63 bits per heavy atom. The van der Waals surface area contributed by atoms with Gasteiger partial charge in [-0.15, -0.1) is 21.5 Å². The van der Waals surface area contributed by atoms with E-state index in [1.165, 1.54) is 23.1 Å². The van der Waals surface area contributed by atoms with E-state index in [0.717, 1.165) is 28.8 Å². The SMILES string of the molecule is Cc1csc(NC(=O)C(C)Sc2nnc(-c3ccncc3)n2CC(C)C)n1. The van der Waals surface area contributed by atoms with Crippen molar-refractivity contribution >= 4 is 34.1 Å². The topological polar surface area (TPSA) is 85.6 Å². The highest BCUT2D eigenvalue weighted by Crippen LogP contribution is 2.28. The van der Waals surface area contributed by atoms with Gasteiger partial charge in [0.25, 0.3) is 0 Å². The predicted molar refractivity (Wildman–Crippen MR) is 109 cm³/mol. The molecule has 0 bridgehead atoms. The van der Waals surface area contributed by atoms with Crippen molar-refractivity contribution in [1.29, 1.82) is 0 Å². The molecule has 7 nitrogen and oxygen atoms in total. The lowest BCUT2D eigenvalue weighted by Gasteiger charge is -2.14. The maximum absolute atomic E-state index is 12.5. The van der Waals surface area contributed by atoms with Gasteiger partial charge in [-0.2, -0.15) is 0 Å². The Balaban J connectivity index is 1.79. The molecule has 0 saturated heterocycles. The maximum Gasteiger partial charge on any atom is 0.239 e. The minimum absolute atomic E-state index is 0.0982. The van der Waals surface area contributed by atoms with Crippen LogP contribution in [0.25, 0.3) is 11.4 Å². The van der Waals surface area contributed by atoms with Crippen LogP contribution in [0.1, 0.15) is 26.5 Å². The van der Waals surface area contributed by atoms with E-state index in [1.807, 2.05) is 31.4 Å². The molecular weight excluding hydrogens is 380 g/mol. The van der Waals surface area contributed by atoms with E-state index in [1.54, 1.807) is 12.4 Å². The number of nitrogens with one attached hydrogen (secondary N) is 1. The number of aromatic nitrogens is 5. The van der Waals surface area contributed by atoms with Crippen molar-refractivity contribution in [2.45, 2.75) is 44.6 Å². The van der Waals surface area contributed by atoms with Gasteiger partial charge in [0, 0.05) is 29.9 Å². The number of thiazole rings is 1. The molecule has 142 valence electrons. The summed E-state index contributed by atoms with van der Waals surface area (Å²) in [6, 6.07) is 3.83. The Hall–Kier alpha value is -2.26. The van der Waals surface area contributed by atoms with Gasteiger partial charge in [-0.1, -0.05) is 25.6 Å². The fourth-order valence-corrected chi connectivity index (χ4v) is 4.00. The molecule has 0 fully saturated rings. The molecule has 1 amide bonds. The number of nitrogens with zero attached hydrogens (tertiary/aromatic N) is 5. The highest BCUT2D eigenvalue weighted by molar-refractivity contribution is 8.00. The van der Waals surface area contributed by atoms with Gasteiger partial charge in [-0.3, -0.25) is 9.78 Å². The van der Waals surface area contributed by atoms with Gasteiger partial charge in [-0.05, 0) is 31.9 Å². The van der Waals surface area contributed by atoms with Gasteiger partial charge in [0.1, 0.15) is 0 Å². The summed E-state index contributed by atoms with van der Waals surface area (Å²) < 4.78 is 2.07. The molecule has 1 unspecified atom stereocenters. The summed E-state index contributed by atoms with van der Waals surface area (Å²) in [5.41, 5.74) is 1.86. The first-order valence-corrected chi connectivity index (χ1v) is 10.4. The Kier molecular flexibility index (Phi) is 6.22. The van der Waals surface area contributed by atoms with Crippen LogP contribution in [-0.2, 0) is 11.3 Å². The molecule has 3 aromatic rings. The van der Waals surface area contributed by atoms with Crippen molar-refractivity contribution in [3.63, 3.8) is 0 Å². The molecule has 0 aromatic carbocycles. The first kappa shape index (κ1) is 19.5. The molecule has 0 aliphatic heterocycles. The second-order valence-corrected chi connectivity index (χ2v) is 8.76. The third-order valence-corrected chi connectivity index (χ3v) is 5.66. The second-order valence-electron chi connectivity index (χ2n) is 6.59.